The highest BCUT2D eigenvalue weighted by atomic mass is 32.1. The fourth-order valence-electron chi connectivity index (χ4n) is 5.35. The van der Waals surface area contributed by atoms with E-state index in [2.05, 4.69) is 0 Å². The Balaban J connectivity index is 1.56. The van der Waals surface area contributed by atoms with Crippen LogP contribution in [0.5, 0.6) is 5.75 Å². The van der Waals surface area contributed by atoms with Gasteiger partial charge in [0.05, 0.1) is 28.6 Å². The predicted molar refractivity (Wildman–Crippen MR) is 140 cm³/mol. The molecular formula is C28H26N4O4S. The second-order valence-corrected chi connectivity index (χ2v) is 10.4. The first-order valence-electron chi connectivity index (χ1n) is 12.2. The number of fused-ring (bicyclic) bond motifs is 6. The van der Waals surface area contributed by atoms with Crippen molar-refractivity contribution in [3.05, 3.63) is 96.8 Å². The van der Waals surface area contributed by atoms with Crippen molar-refractivity contribution in [1.29, 1.82) is 0 Å². The fourth-order valence-corrected chi connectivity index (χ4v) is 6.43. The molecule has 4 heterocycles. The topological polar surface area (TPSA) is 87.7 Å². The van der Waals surface area contributed by atoms with E-state index in [9.17, 15) is 9.59 Å². The highest BCUT2D eigenvalue weighted by molar-refractivity contribution is 7.07. The lowest BCUT2D eigenvalue weighted by atomic mass is 9.81. The number of hydrogen-bond donors (Lipinski definition) is 0. The molecule has 2 aliphatic rings. The molecule has 0 amide bonds. The average molecular weight is 515 g/mol. The van der Waals surface area contributed by atoms with Crippen molar-refractivity contribution in [2.75, 3.05) is 6.61 Å². The molecule has 2 aromatic heterocycles. The quantitative estimate of drug-likeness (QED) is 0.391. The molecule has 0 radical (unpaired) electrons. The van der Waals surface area contributed by atoms with E-state index in [1.165, 1.54) is 11.3 Å². The zero-order chi connectivity index (χ0) is 25.9. The van der Waals surface area contributed by atoms with Gasteiger partial charge in [-0.3, -0.25) is 14.2 Å². The number of aryl methyl sites for hydroxylation is 1. The number of carbonyl (C=O) groups excluding carboxylic acids is 1. The lowest BCUT2D eigenvalue weighted by molar-refractivity contribution is -0.160. The molecule has 2 aliphatic heterocycles. The van der Waals surface area contributed by atoms with E-state index in [0.717, 1.165) is 28.2 Å². The van der Waals surface area contributed by atoms with Crippen LogP contribution in [0.15, 0.2) is 64.4 Å². The maximum absolute atomic E-state index is 13.9. The van der Waals surface area contributed by atoms with E-state index < -0.39 is 23.7 Å². The third kappa shape index (κ3) is 3.56. The minimum absolute atomic E-state index is 0.201. The molecule has 2 bridgehead atoms. The molecule has 0 spiro atoms. The van der Waals surface area contributed by atoms with Gasteiger partial charge in [-0.1, -0.05) is 47.7 Å². The number of esters is 1. The Hall–Kier alpha value is -3.98. The fraction of sp³-hybridized carbons (Fsp3) is 0.286. The van der Waals surface area contributed by atoms with Crippen LogP contribution in [0, 0.1) is 19.8 Å². The molecule has 0 saturated carbocycles. The van der Waals surface area contributed by atoms with Gasteiger partial charge >= 0.3 is 5.97 Å². The smallest absolute Gasteiger partial charge is 0.317 e. The number of carbonyl (C=O) groups is 1. The van der Waals surface area contributed by atoms with Crippen LogP contribution in [-0.4, -0.2) is 32.6 Å². The summed E-state index contributed by atoms with van der Waals surface area (Å²) in [5.41, 5.74) is 2.96. The van der Waals surface area contributed by atoms with Gasteiger partial charge in [-0.25, -0.2) is 9.67 Å². The molecule has 188 valence electrons. The second kappa shape index (κ2) is 8.55. The maximum Gasteiger partial charge on any atom is 0.317 e. The van der Waals surface area contributed by atoms with E-state index in [1.807, 2.05) is 79.2 Å². The summed E-state index contributed by atoms with van der Waals surface area (Å²) in [5.74, 6) is -0.609. The molecule has 8 nitrogen and oxygen atoms in total. The molecule has 0 fully saturated rings. The SMILES string of the molecule is CCOC(=O)[C@@H]1[C@H]2c3ccccc3O[C@]1(C)N=c1s/c(=C/c3c(C)nn(-c4ccccc4)c3C)c(=O)n12. The first-order valence-corrected chi connectivity index (χ1v) is 13.0. The molecule has 9 heteroatoms. The van der Waals surface area contributed by atoms with Crippen LogP contribution >= 0.6 is 11.3 Å². The van der Waals surface area contributed by atoms with Crippen LogP contribution in [0.4, 0.5) is 0 Å². The van der Waals surface area contributed by atoms with Crippen molar-refractivity contribution in [2.24, 2.45) is 10.9 Å². The van der Waals surface area contributed by atoms with Crippen LogP contribution in [0.25, 0.3) is 11.8 Å². The van der Waals surface area contributed by atoms with Gasteiger partial charge in [0.1, 0.15) is 11.7 Å². The molecule has 0 aliphatic carbocycles. The van der Waals surface area contributed by atoms with Gasteiger partial charge in [0.25, 0.3) is 5.56 Å². The van der Waals surface area contributed by atoms with E-state index in [0.29, 0.717) is 15.1 Å². The summed E-state index contributed by atoms with van der Waals surface area (Å²) in [6, 6.07) is 16.8. The summed E-state index contributed by atoms with van der Waals surface area (Å²) in [4.78, 5) is 32.4. The standard InChI is InChI=1S/C28H26N4O4S/c1-5-35-26(34)23-24-19-13-9-10-14-21(19)36-28(23,4)29-27-31(24)25(33)22(37-27)15-20-16(2)30-32(17(20)3)18-11-7-6-8-12-18/h6-15,23-24H,5H2,1-4H3/b22-15+/t23-,24+,28-/m0/s1. The zero-order valence-electron chi connectivity index (χ0n) is 21.0. The number of ether oxygens (including phenoxy) is 2. The Morgan fingerprint density at radius 3 is 2.65 bits per heavy atom. The molecule has 0 saturated heterocycles. The monoisotopic (exact) mass is 514 g/mol. The van der Waals surface area contributed by atoms with Crippen molar-refractivity contribution in [3.63, 3.8) is 0 Å². The largest absolute Gasteiger partial charge is 0.466 e. The predicted octanol–water partition coefficient (Wildman–Crippen LogP) is 3.05. The molecule has 3 atom stereocenters. The van der Waals surface area contributed by atoms with Crippen molar-refractivity contribution in [2.45, 2.75) is 39.5 Å². The van der Waals surface area contributed by atoms with Crippen molar-refractivity contribution in [3.8, 4) is 11.4 Å². The van der Waals surface area contributed by atoms with Gasteiger partial charge in [-0.05, 0) is 52.0 Å². The van der Waals surface area contributed by atoms with E-state index in [-0.39, 0.29) is 12.2 Å². The van der Waals surface area contributed by atoms with Gasteiger partial charge in [-0.2, -0.15) is 5.10 Å². The Morgan fingerprint density at radius 2 is 1.89 bits per heavy atom. The lowest BCUT2D eigenvalue weighted by Gasteiger charge is -2.44. The minimum atomic E-state index is -1.19. The summed E-state index contributed by atoms with van der Waals surface area (Å²) in [7, 11) is 0. The molecule has 0 N–H and O–H groups in total. The molecule has 6 rings (SSSR count). The number of aromatic nitrogens is 3. The Morgan fingerprint density at radius 1 is 1.16 bits per heavy atom. The first-order chi connectivity index (χ1) is 17.8. The van der Waals surface area contributed by atoms with E-state index in [1.54, 1.807) is 18.4 Å². The molecule has 0 unspecified atom stereocenters. The number of rotatable bonds is 4. The van der Waals surface area contributed by atoms with Gasteiger partial charge in [0.2, 0.25) is 5.72 Å². The number of para-hydroxylation sites is 2. The summed E-state index contributed by atoms with van der Waals surface area (Å²) >= 11 is 1.30. The van der Waals surface area contributed by atoms with Gasteiger partial charge in [0.15, 0.2) is 4.80 Å². The zero-order valence-corrected chi connectivity index (χ0v) is 21.8. The summed E-state index contributed by atoms with van der Waals surface area (Å²) in [6.45, 7) is 7.70. The van der Waals surface area contributed by atoms with Crippen LogP contribution in [0.3, 0.4) is 0 Å². The summed E-state index contributed by atoms with van der Waals surface area (Å²) < 4.78 is 15.7. The van der Waals surface area contributed by atoms with Gasteiger partial charge < -0.3 is 9.47 Å². The number of nitrogens with zero attached hydrogens (tertiary/aromatic N) is 4. The average Bonchev–Trinajstić information content (AvgIpc) is 3.33. The normalized spacial score (nSPS) is 22.0. The van der Waals surface area contributed by atoms with Crippen molar-refractivity contribution < 1.29 is 14.3 Å². The van der Waals surface area contributed by atoms with Crippen molar-refractivity contribution in [1.82, 2.24) is 14.3 Å². The van der Waals surface area contributed by atoms with Gasteiger partial charge in [0, 0.05) is 16.8 Å². The molecule has 4 aromatic rings. The molecular weight excluding hydrogens is 488 g/mol. The Labute approximate surface area is 217 Å². The molecule has 2 aromatic carbocycles. The Bertz CT molecular complexity index is 1720. The first kappa shape index (κ1) is 23.4. The number of thiazole rings is 1. The number of benzene rings is 2. The lowest BCUT2D eigenvalue weighted by Crippen LogP contribution is -2.58. The van der Waals surface area contributed by atoms with Gasteiger partial charge in [-0.15, -0.1) is 0 Å². The van der Waals surface area contributed by atoms with E-state index >= 15 is 0 Å². The third-order valence-corrected chi connectivity index (χ3v) is 8.03. The summed E-state index contributed by atoms with van der Waals surface area (Å²) in [5, 5.41) is 4.71. The maximum atomic E-state index is 13.9. The second-order valence-electron chi connectivity index (χ2n) is 9.38. The van der Waals surface area contributed by atoms with E-state index in [4.69, 9.17) is 19.6 Å². The Kier molecular flexibility index (Phi) is 5.41. The summed E-state index contributed by atoms with van der Waals surface area (Å²) in [6.07, 6.45) is 1.88. The van der Waals surface area contributed by atoms with Crippen LogP contribution in [0.2, 0.25) is 0 Å². The molecule has 37 heavy (non-hydrogen) atoms. The minimum Gasteiger partial charge on any atom is -0.466 e. The van der Waals surface area contributed by atoms with Crippen LogP contribution < -0.4 is 19.6 Å². The highest BCUT2D eigenvalue weighted by Gasteiger charge is 2.55. The third-order valence-electron chi connectivity index (χ3n) is 7.04. The van der Waals surface area contributed by atoms with Crippen molar-refractivity contribution >= 4 is 23.4 Å². The van der Waals surface area contributed by atoms with Crippen LogP contribution in [0.1, 0.15) is 42.4 Å². The van der Waals surface area contributed by atoms with Crippen LogP contribution in [-0.2, 0) is 9.53 Å². The highest BCUT2D eigenvalue weighted by Crippen LogP contribution is 2.47. The number of hydrogen-bond acceptors (Lipinski definition) is 7.